The molecular weight excluding hydrogens is 222 g/mol. The third-order valence-corrected chi connectivity index (χ3v) is 5.94. The van der Waals surface area contributed by atoms with Crippen molar-refractivity contribution >= 4 is 5.82 Å². The Morgan fingerprint density at radius 2 is 1.78 bits per heavy atom. The molecule has 3 nitrogen and oxygen atoms in total. The van der Waals surface area contributed by atoms with Gasteiger partial charge in [-0.2, -0.15) is 5.10 Å². The normalized spacial score (nSPS) is 43.3. The zero-order valence-electron chi connectivity index (χ0n) is 11.1. The van der Waals surface area contributed by atoms with Crippen LogP contribution in [-0.2, 0) is 0 Å². The van der Waals surface area contributed by atoms with Gasteiger partial charge < -0.3 is 5.73 Å². The number of rotatable bonds is 2. The molecule has 18 heavy (non-hydrogen) atoms. The predicted octanol–water partition coefficient (Wildman–Crippen LogP) is 3.10. The molecule has 4 saturated carbocycles. The first kappa shape index (κ1) is 10.9. The molecule has 1 aromatic rings. The number of anilines is 1. The standard InChI is InChI=1S/C15H23N3/c1-9(18-14(16)2-3-17-18)15-12-5-10-4-11(7-12)8-13(15)6-10/h2-3,9-13,15H,4-8,16H2,1H3. The van der Waals surface area contributed by atoms with E-state index in [-0.39, 0.29) is 0 Å². The lowest BCUT2D eigenvalue weighted by molar-refractivity contribution is -0.0567. The van der Waals surface area contributed by atoms with E-state index in [1.54, 1.807) is 0 Å². The first-order valence-electron chi connectivity index (χ1n) is 7.51. The molecule has 4 fully saturated rings. The second kappa shape index (κ2) is 3.75. The number of aromatic nitrogens is 2. The summed E-state index contributed by atoms with van der Waals surface area (Å²) in [4.78, 5) is 0. The van der Waals surface area contributed by atoms with Crippen molar-refractivity contribution < 1.29 is 0 Å². The summed E-state index contributed by atoms with van der Waals surface area (Å²) in [6.07, 6.45) is 9.26. The van der Waals surface area contributed by atoms with Crippen molar-refractivity contribution in [3.8, 4) is 0 Å². The summed E-state index contributed by atoms with van der Waals surface area (Å²) in [7, 11) is 0. The maximum atomic E-state index is 6.04. The number of hydrogen-bond acceptors (Lipinski definition) is 2. The van der Waals surface area contributed by atoms with Gasteiger partial charge in [0.2, 0.25) is 0 Å². The Kier molecular flexibility index (Phi) is 2.27. The smallest absolute Gasteiger partial charge is 0.121 e. The van der Waals surface area contributed by atoms with Crippen LogP contribution in [0.2, 0.25) is 0 Å². The molecule has 0 radical (unpaired) electrons. The van der Waals surface area contributed by atoms with Gasteiger partial charge in [-0.1, -0.05) is 0 Å². The van der Waals surface area contributed by atoms with Crippen LogP contribution in [0.4, 0.5) is 5.82 Å². The van der Waals surface area contributed by atoms with Crippen LogP contribution in [0.15, 0.2) is 12.3 Å². The van der Waals surface area contributed by atoms with Crippen molar-refractivity contribution in [3.63, 3.8) is 0 Å². The van der Waals surface area contributed by atoms with Crippen LogP contribution < -0.4 is 5.73 Å². The maximum absolute atomic E-state index is 6.04. The van der Waals surface area contributed by atoms with Crippen LogP contribution in [0.3, 0.4) is 0 Å². The number of nitrogens with two attached hydrogens (primary N) is 1. The van der Waals surface area contributed by atoms with Crippen molar-refractivity contribution in [3.05, 3.63) is 12.3 Å². The van der Waals surface area contributed by atoms with Gasteiger partial charge in [0, 0.05) is 0 Å². The van der Waals surface area contributed by atoms with E-state index in [1.807, 2.05) is 12.3 Å². The second-order valence-electron chi connectivity index (χ2n) is 6.95. The molecule has 5 rings (SSSR count). The van der Waals surface area contributed by atoms with E-state index in [2.05, 4.69) is 16.7 Å². The topological polar surface area (TPSA) is 43.8 Å². The summed E-state index contributed by atoms with van der Waals surface area (Å²) in [5.74, 6) is 5.63. The minimum absolute atomic E-state index is 0.481. The number of nitrogen functional groups attached to an aromatic ring is 1. The van der Waals surface area contributed by atoms with E-state index in [1.165, 1.54) is 32.1 Å². The van der Waals surface area contributed by atoms with Crippen LogP contribution in [0.1, 0.15) is 45.1 Å². The highest BCUT2D eigenvalue weighted by atomic mass is 15.3. The highest BCUT2D eigenvalue weighted by Crippen LogP contribution is 2.59. The average Bonchev–Trinajstić information content (AvgIpc) is 2.73. The molecule has 4 bridgehead atoms. The molecule has 1 unspecified atom stereocenters. The lowest BCUT2D eigenvalue weighted by atomic mass is 9.50. The zero-order chi connectivity index (χ0) is 12.3. The molecule has 0 aromatic carbocycles. The summed E-state index contributed by atoms with van der Waals surface area (Å²) >= 11 is 0. The van der Waals surface area contributed by atoms with E-state index in [0.29, 0.717) is 6.04 Å². The molecule has 1 atom stereocenters. The quantitative estimate of drug-likeness (QED) is 0.870. The van der Waals surface area contributed by atoms with Gasteiger partial charge in [0.05, 0.1) is 12.2 Å². The Labute approximate surface area is 109 Å². The molecule has 0 saturated heterocycles. The summed E-state index contributed by atoms with van der Waals surface area (Å²) in [6.45, 7) is 2.33. The van der Waals surface area contributed by atoms with Gasteiger partial charge in [0.15, 0.2) is 0 Å². The Balaban J connectivity index is 1.63. The average molecular weight is 245 g/mol. The fraction of sp³-hybridized carbons (Fsp3) is 0.800. The Bertz CT molecular complexity index is 422. The van der Waals surface area contributed by atoms with Gasteiger partial charge in [-0.15, -0.1) is 0 Å². The molecule has 1 heterocycles. The van der Waals surface area contributed by atoms with Gasteiger partial charge in [-0.3, -0.25) is 0 Å². The monoisotopic (exact) mass is 245 g/mol. The fourth-order valence-corrected chi connectivity index (χ4v) is 5.58. The van der Waals surface area contributed by atoms with E-state index in [9.17, 15) is 0 Å². The Hall–Kier alpha value is -0.990. The minimum Gasteiger partial charge on any atom is -0.384 e. The van der Waals surface area contributed by atoms with Crippen LogP contribution in [-0.4, -0.2) is 9.78 Å². The molecule has 4 aliphatic rings. The van der Waals surface area contributed by atoms with E-state index in [0.717, 1.165) is 35.4 Å². The lowest BCUT2D eigenvalue weighted by Crippen LogP contribution is -2.47. The van der Waals surface area contributed by atoms with Gasteiger partial charge in [0.1, 0.15) is 5.82 Å². The van der Waals surface area contributed by atoms with Crippen molar-refractivity contribution in [2.45, 2.75) is 45.1 Å². The Morgan fingerprint density at radius 1 is 1.17 bits per heavy atom. The van der Waals surface area contributed by atoms with Crippen molar-refractivity contribution in [1.29, 1.82) is 0 Å². The fourth-order valence-electron chi connectivity index (χ4n) is 5.58. The molecule has 0 amide bonds. The molecule has 4 aliphatic carbocycles. The highest BCUT2D eigenvalue weighted by molar-refractivity contribution is 5.27. The third-order valence-electron chi connectivity index (χ3n) is 5.94. The van der Waals surface area contributed by atoms with E-state index in [4.69, 9.17) is 5.73 Å². The van der Waals surface area contributed by atoms with Gasteiger partial charge in [-0.25, -0.2) is 4.68 Å². The molecule has 0 spiro atoms. The number of hydrogen-bond donors (Lipinski definition) is 1. The molecule has 2 N–H and O–H groups in total. The van der Waals surface area contributed by atoms with Gasteiger partial charge in [-0.05, 0) is 74.7 Å². The molecule has 1 aromatic heterocycles. The minimum atomic E-state index is 0.481. The summed E-state index contributed by atoms with van der Waals surface area (Å²) in [5.41, 5.74) is 6.04. The SMILES string of the molecule is CC(C1C2CC3CC(C2)CC1C3)n1nccc1N. The molecule has 98 valence electrons. The lowest BCUT2D eigenvalue weighted by Gasteiger charge is -2.56. The number of nitrogens with zero attached hydrogens (tertiary/aromatic N) is 2. The van der Waals surface area contributed by atoms with Crippen LogP contribution in [0.5, 0.6) is 0 Å². The first-order chi connectivity index (χ1) is 8.72. The van der Waals surface area contributed by atoms with Crippen LogP contribution in [0, 0.1) is 29.6 Å². The first-order valence-corrected chi connectivity index (χ1v) is 7.51. The van der Waals surface area contributed by atoms with E-state index >= 15 is 0 Å². The van der Waals surface area contributed by atoms with Crippen molar-refractivity contribution in [2.24, 2.45) is 29.6 Å². The van der Waals surface area contributed by atoms with Crippen molar-refractivity contribution in [2.75, 3.05) is 5.73 Å². The summed E-state index contributed by atoms with van der Waals surface area (Å²) in [6, 6.07) is 2.40. The van der Waals surface area contributed by atoms with Crippen molar-refractivity contribution in [1.82, 2.24) is 9.78 Å². The van der Waals surface area contributed by atoms with Gasteiger partial charge in [0.25, 0.3) is 0 Å². The third kappa shape index (κ3) is 1.45. The van der Waals surface area contributed by atoms with E-state index < -0.39 is 0 Å². The van der Waals surface area contributed by atoms with Gasteiger partial charge >= 0.3 is 0 Å². The van der Waals surface area contributed by atoms with Crippen LogP contribution in [0.25, 0.3) is 0 Å². The largest absolute Gasteiger partial charge is 0.384 e. The molecular formula is C15H23N3. The summed E-state index contributed by atoms with van der Waals surface area (Å²) in [5, 5.41) is 4.44. The second-order valence-corrected chi connectivity index (χ2v) is 6.95. The molecule has 0 aliphatic heterocycles. The van der Waals surface area contributed by atoms with Crippen LogP contribution >= 0.6 is 0 Å². The predicted molar refractivity (Wildman–Crippen MR) is 71.9 cm³/mol. The zero-order valence-corrected chi connectivity index (χ0v) is 11.1. The molecule has 3 heteroatoms. The maximum Gasteiger partial charge on any atom is 0.121 e. The summed E-state index contributed by atoms with van der Waals surface area (Å²) < 4.78 is 2.06. The Morgan fingerprint density at radius 3 is 2.28 bits per heavy atom. The highest BCUT2D eigenvalue weighted by Gasteiger charge is 2.50.